The van der Waals surface area contributed by atoms with Gasteiger partial charge in [0.15, 0.2) is 0 Å². The van der Waals surface area contributed by atoms with Crippen molar-refractivity contribution in [2.45, 2.75) is 201 Å². The number of allylic oxidation sites excluding steroid dienone is 5. The molecule has 0 N–H and O–H groups in total. The maximum atomic E-state index is 12.8. The second-order valence-corrected chi connectivity index (χ2v) is 18.7. The minimum Gasteiger partial charge on any atom is -0.744 e. The van der Waals surface area contributed by atoms with Gasteiger partial charge >= 0.3 is 0 Å². The SMILES string of the molecule is CCCCCCCCN(CCCCCCCC)c1ccc(/C(=C2\C=CC(=[N+](CCCCCCCC)CCCCCCCC)C(C)=C2)c2ccccc2S(=O)(=O)[O-])cc1C. The Morgan fingerprint density at radius 1 is 0.593 bits per heavy atom. The molecule has 1 aliphatic carbocycles. The first-order valence-electron chi connectivity index (χ1n) is 24.3. The molecule has 0 radical (unpaired) electrons. The first-order valence-corrected chi connectivity index (χ1v) is 25.7. The molecule has 2 aromatic rings. The Kier molecular flexibility index (Phi) is 25.0. The number of rotatable bonds is 32. The van der Waals surface area contributed by atoms with E-state index in [1.165, 1.54) is 183 Å². The van der Waals surface area contributed by atoms with Gasteiger partial charge in [0.2, 0.25) is 5.71 Å². The average Bonchev–Trinajstić information content (AvgIpc) is 3.22. The number of hydrogen-bond acceptors (Lipinski definition) is 4. The number of anilines is 1. The number of benzene rings is 2. The van der Waals surface area contributed by atoms with E-state index in [2.05, 4.69) is 87.4 Å². The van der Waals surface area contributed by atoms with Gasteiger partial charge in [-0.1, -0.05) is 168 Å². The highest BCUT2D eigenvalue weighted by Crippen LogP contribution is 2.36. The summed E-state index contributed by atoms with van der Waals surface area (Å²) in [5, 5.41) is 0. The van der Waals surface area contributed by atoms with Crippen LogP contribution in [0.4, 0.5) is 5.69 Å². The van der Waals surface area contributed by atoms with E-state index in [-0.39, 0.29) is 4.90 Å². The zero-order chi connectivity index (χ0) is 42.7. The van der Waals surface area contributed by atoms with Crippen LogP contribution in [0.5, 0.6) is 0 Å². The Bertz CT molecular complexity index is 1700. The Morgan fingerprint density at radius 3 is 1.54 bits per heavy atom. The van der Waals surface area contributed by atoms with E-state index in [9.17, 15) is 13.0 Å². The van der Waals surface area contributed by atoms with Crippen molar-refractivity contribution >= 4 is 27.1 Å². The lowest BCUT2D eigenvalue weighted by Crippen LogP contribution is -2.26. The molecule has 0 bridgehead atoms. The van der Waals surface area contributed by atoms with E-state index in [0.717, 1.165) is 42.9 Å². The lowest BCUT2D eigenvalue weighted by Gasteiger charge is -2.28. The molecule has 0 aliphatic heterocycles. The third kappa shape index (κ3) is 18.3. The third-order valence-corrected chi connectivity index (χ3v) is 13.1. The summed E-state index contributed by atoms with van der Waals surface area (Å²) in [6.07, 6.45) is 37.2. The molecular formula is C53H84N2O3S. The van der Waals surface area contributed by atoms with Crippen molar-refractivity contribution in [3.63, 3.8) is 0 Å². The summed E-state index contributed by atoms with van der Waals surface area (Å²) >= 11 is 0. The molecule has 0 amide bonds. The summed E-state index contributed by atoms with van der Waals surface area (Å²) in [6.45, 7) is 17.7. The molecule has 5 nitrogen and oxygen atoms in total. The van der Waals surface area contributed by atoms with Gasteiger partial charge in [-0.3, -0.25) is 0 Å². The molecule has 0 fully saturated rings. The highest BCUT2D eigenvalue weighted by Gasteiger charge is 2.23. The van der Waals surface area contributed by atoms with Crippen LogP contribution in [0.15, 0.2) is 76.7 Å². The Hall–Kier alpha value is -2.96. The smallest absolute Gasteiger partial charge is 0.202 e. The van der Waals surface area contributed by atoms with Crippen molar-refractivity contribution in [2.75, 3.05) is 31.1 Å². The van der Waals surface area contributed by atoms with Gasteiger partial charge in [0, 0.05) is 48.8 Å². The van der Waals surface area contributed by atoms with E-state index in [0.29, 0.717) is 5.56 Å². The molecule has 0 atom stereocenters. The molecule has 6 heteroatoms. The van der Waals surface area contributed by atoms with Crippen LogP contribution in [-0.2, 0) is 10.1 Å². The van der Waals surface area contributed by atoms with E-state index < -0.39 is 10.1 Å². The Labute approximate surface area is 363 Å². The molecule has 0 spiro atoms. The van der Waals surface area contributed by atoms with Gasteiger partial charge in [-0.05, 0) is 92.2 Å². The van der Waals surface area contributed by atoms with E-state index in [4.69, 9.17) is 0 Å². The van der Waals surface area contributed by atoms with Crippen molar-refractivity contribution in [1.29, 1.82) is 0 Å². The van der Waals surface area contributed by atoms with Gasteiger partial charge in [0.05, 0.1) is 4.90 Å². The van der Waals surface area contributed by atoms with Crippen LogP contribution in [0, 0.1) is 6.92 Å². The Balaban J connectivity index is 2.05. The van der Waals surface area contributed by atoms with Gasteiger partial charge in [-0.15, -0.1) is 0 Å². The summed E-state index contributed by atoms with van der Waals surface area (Å²) < 4.78 is 41.0. The standard InChI is InChI=1S/C53H84N2O3S/c1-7-11-15-19-23-29-39-54(40-30-24-20-16-12-8-2)50-37-35-47(43-45(50)5)53(49-33-27-28-34-52(49)59(56,57)58)48-36-38-51(46(6)44-48)55(41-31-25-21-17-13-9-3)42-32-26-22-18-14-10-4/h27-28,33-38,43-44H,7-26,29-32,39-42H2,1-6H3. The molecule has 330 valence electrons. The molecule has 1 aliphatic rings. The zero-order valence-corrected chi connectivity index (χ0v) is 39.4. The van der Waals surface area contributed by atoms with Crippen molar-refractivity contribution in [3.8, 4) is 0 Å². The molecule has 59 heavy (non-hydrogen) atoms. The van der Waals surface area contributed by atoms with Crippen molar-refractivity contribution < 1.29 is 17.5 Å². The topological polar surface area (TPSA) is 63.5 Å². The number of hydrogen-bond donors (Lipinski definition) is 0. The van der Waals surface area contributed by atoms with Crippen LogP contribution in [0.2, 0.25) is 0 Å². The lowest BCUT2D eigenvalue weighted by molar-refractivity contribution is -0.528. The number of aryl methyl sites for hydroxylation is 1. The average molecular weight is 829 g/mol. The maximum Gasteiger partial charge on any atom is 0.202 e. The molecule has 0 saturated heterocycles. The van der Waals surface area contributed by atoms with Gasteiger partial charge in [-0.2, -0.15) is 0 Å². The molecular weight excluding hydrogens is 745 g/mol. The number of nitrogens with zero attached hydrogens (tertiary/aromatic N) is 2. The fourth-order valence-corrected chi connectivity index (χ4v) is 9.42. The van der Waals surface area contributed by atoms with E-state index >= 15 is 0 Å². The quantitative estimate of drug-likeness (QED) is 0.0419. The van der Waals surface area contributed by atoms with Gasteiger partial charge in [0.1, 0.15) is 23.2 Å². The summed E-state index contributed by atoms with van der Waals surface area (Å²) in [5.74, 6) is 0. The molecule has 3 rings (SSSR count). The molecule has 0 heterocycles. The number of unbranched alkanes of at least 4 members (excludes halogenated alkanes) is 20. The first-order chi connectivity index (χ1) is 28.7. The van der Waals surface area contributed by atoms with Crippen LogP contribution in [-0.4, -0.2) is 49.4 Å². The van der Waals surface area contributed by atoms with Crippen LogP contribution in [0.1, 0.15) is 205 Å². The predicted octanol–water partition coefficient (Wildman–Crippen LogP) is 14.9. The molecule has 0 aromatic heterocycles. The maximum absolute atomic E-state index is 12.8. The van der Waals surface area contributed by atoms with Crippen LogP contribution < -0.4 is 4.90 Å². The normalized spacial score (nSPS) is 13.9. The lowest BCUT2D eigenvalue weighted by atomic mass is 9.88. The second-order valence-electron chi connectivity index (χ2n) is 17.4. The first kappa shape index (κ1) is 50.4. The third-order valence-electron chi connectivity index (χ3n) is 12.2. The largest absolute Gasteiger partial charge is 0.744 e. The van der Waals surface area contributed by atoms with Crippen molar-refractivity contribution in [2.24, 2.45) is 0 Å². The van der Waals surface area contributed by atoms with Crippen LogP contribution >= 0.6 is 0 Å². The second kappa shape index (κ2) is 29.3. The summed E-state index contributed by atoms with van der Waals surface area (Å²) in [7, 11) is -4.72. The van der Waals surface area contributed by atoms with Crippen LogP contribution in [0.3, 0.4) is 0 Å². The minimum atomic E-state index is -4.72. The predicted molar refractivity (Wildman–Crippen MR) is 255 cm³/mol. The van der Waals surface area contributed by atoms with Gasteiger partial charge in [-0.25, -0.2) is 13.0 Å². The summed E-state index contributed by atoms with van der Waals surface area (Å²) in [5.41, 5.74) is 8.00. The Morgan fingerprint density at radius 2 is 1.07 bits per heavy atom. The van der Waals surface area contributed by atoms with Gasteiger partial charge < -0.3 is 9.45 Å². The fourth-order valence-electron chi connectivity index (χ4n) is 8.74. The molecule has 0 unspecified atom stereocenters. The summed E-state index contributed by atoms with van der Waals surface area (Å²) in [4.78, 5) is 2.43. The highest BCUT2D eigenvalue weighted by atomic mass is 32.2. The van der Waals surface area contributed by atoms with Crippen molar-refractivity contribution in [1.82, 2.24) is 0 Å². The fraction of sp³-hybridized carbons (Fsp3) is 0.642. The molecule has 2 aromatic carbocycles. The highest BCUT2D eigenvalue weighted by molar-refractivity contribution is 7.85. The van der Waals surface area contributed by atoms with E-state index in [1.54, 1.807) is 12.1 Å². The summed E-state index contributed by atoms with van der Waals surface area (Å²) in [6, 6.07) is 13.4. The minimum absolute atomic E-state index is 0.168. The zero-order valence-electron chi connectivity index (χ0n) is 38.6. The van der Waals surface area contributed by atoms with Crippen LogP contribution in [0.25, 0.3) is 5.57 Å². The van der Waals surface area contributed by atoms with Crippen molar-refractivity contribution in [3.05, 3.63) is 88.5 Å². The van der Waals surface area contributed by atoms with E-state index in [1.807, 2.05) is 6.07 Å². The molecule has 0 saturated carbocycles. The van der Waals surface area contributed by atoms with Gasteiger partial charge in [0.25, 0.3) is 0 Å². The monoisotopic (exact) mass is 829 g/mol.